The van der Waals surface area contributed by atoms with Gasteiger partial charge < -0.3 is 15.1 Å². The summed E-state index contributed by atoms with van der Waals surface area (Å²) in [5.74, 6) is 0.353. The molecule has 2 heterocycles. The molecule has 0 fully saturated rings. The molecule has 2 amide bonds. The van der Waals surface area contributed by atoms with E-state index < -0.39 is 0 Å². The molecule has 0 unspecified atom stereocenters. The van der Waals surface area contributed by atoms with Gasteiger partial charge in [0.15, 0.2) is 0 Å². The van der Waals surface area contributed by atoms with Gasteiger partial charge in [-0.15, -0.1) is 0 Å². The quantitative estimate of drug-likeness (QED) is 0.765. The van der Waals surface area contributed by atoms with E-state index in [1.54, 1.807) is 11.1 Å². The van der Waals surface area contributed by atoms with E-state index in [9.17, 15) is 9.59 Å². The Labute approximate surface area is 179 Å². The molecule has 0 spiro atoms. The fourth-order valence-electron chi connectivity index (χ4n) is 3.60. The van der Waals surface area contributed by atoms with E-state index in [1.165, 1.54) is 5.56 Å². The van der Waals surface area contributed by atoms with E-state index in [2.05, 4.69) is 36.3 Å². The number of rotatable bonds is 7. The number of fused-ring (bicyclic) bond motifs is 1. The number of likely N-dealkylation sites (N-methyl/N-ethyl adjacent to an activating group) is 1. The zero-order valence-corrected chi connectivity index (χ0v) is 18.4. The molecule has 2 aromatic rings. The van der Waals surface area contributed by atoms with E-state index in [0.717, 1.165) is 36.3 Å². The second-order valence-corrected chi connectivity index (χ2v) is 8.47. The summed E-state index contributed by atoms with van der Waals surface area (Å²) < 4.78 is 0. The van der Waals surface area contributed by atoms with Crippen LogP contribution in [0.15, 0.2) is 36.5 Å². The summed E-state index contributed by atoms with van der Waals surface area (Å²) in [6.45, 7) is 6.31. The first kappa shape index (κ1) is 22.0. The van der Waals surface area contributed by atoms with Crippen LogP contribution in [0.4, 0.5) is 5.69 Å². The van der Waals surface area contributed by atoms with Crippen LogP contribution < -0.4 is 10.2 Å². The molecule has 1 aromatic heterocycles. The van der Waals surface area contributed by atoms with E-state index >= 15 is 0 Å². The number of carbonyl (C=O) groups excluding carboxylic acids is 2. The van der Waals surface area contributed by atoms with Crippen LogP contribution in [-0.2, 0) is 17.6 Å². The van der Waals surface area contributed by atoms with Crippen molar-refractivity contribution in [3.8, 4) is 0 Å². The number of nitrogens with one attached hydrogen (secondary N) is 1. The van der Waals surface area contributed by atoms with Gasteiger partial charge in [0.05, 0.1) is 23.4 Å². The van der Waals surface area contributed by atoms with Crippen LogP contribution in [0.1, 0.15) is 53.4 Å². The molecular formula is C24H32N4O2. The lowest BCUT2D eigenvalue weighted by molar-refractivity contribution is -0.118. The molecule has 1 N–H and O–H groups in total. The zero-order chi connectivity index (χ0) is 21.7. The van der Waals surface area contributed by atoms with E-state index in [4.69, 9.17) is 0 Å². The molecule has 3 rings (SSSR count). The van der Waals surface area contributed by atoms with Gasteiger partial charge in [0, 0.05) is 25.8 Å². The Morgan fingerprint density at radius 1 is 1.20 bits per heavy atom. The lowest BCUT2D eigenvalue weighted by Gasteiger charge is -2.29. The number of carbonyl (C=O) groups is 2. The van der Waals surface area contributed by atoms with Crippen LogP contribution in [0.3, 0.4) is 0 Å². The fraction of sp³-hybridized carbons (Fsp3) is 0.458. The number of hydrogen-bond acceptors (Lipinski definition) is 4. The van der Waals surface area contributed by atoms with E-state index in [-0.39, 0.29) is 11.8 Å². The molecule has 1 aliphatic rings. The van der Waals surface area contributed by atoms with Crippen molar-refractivity contribution >= 4 is 17.5 Å². The number of hydrogen-bond donors (Lipinski definition) is 1. The number of benzene rings is 1. The van der Waals surface area contributed by atoms with Gasteiger partial charge in [-0.3, -0.25) is 14.6 Å². The number of aryl methyl sites for hydroxylation is 1. The maximum absolute atomic E-state index is 13.1. The van der Waals surface area contributed by atoms with E-state index in [0.29, 0.717) is 31.0 Å². The van der Waals surface area contributed by atoms with Gasteiger partial charge in [-0.1, -0.05) is 38.1 Å². The monoisotopic (exact) mass is 408 g/mol. The normalized spacial score (nSPS) is 13.5. The Morgan fingerprint density at radius 2 is 1.93 bits per heavy atom. The smallest absolute Gasteiger partial charge is 0.252 e. The molecule has 0 saturated carbocycles. The predicted octanol–water partition coefficient (Wildman–Crippen LogP) is 3.02. The molecule has 1 aliphatic heterocycles. The second kappa shape index (κ2) is 9.85. The van der Waals surface area contributed by atoms with E-state index in [1.807, 2.05) is 37.2 Å². The largest absolute Gasteiger partial charge is 0.351 e. The number of anilines is 1. The van der Waals surface area contributed by atoms with Crippen molar-refractivity contribution in [3.63, 3.8) is 0 Å². The average Bonchev–Trinajstić information content (AvgIpc) is 2.72. The van der Waals surface area contributed by atoms with Gasteiger partial charge in [-0.2, -0.15) is 0 Å². The van der Waals surface area contributed by atoms with Crippen LogP contribution in [0.2, 0.25) is 0 Å². The van der Waals surface area contributed by atoms with Gasteiger partial charge in [-0.25, -0.2) is 0 Å². The molecule has 0 saturated heterocycles. The third kappa shape index (κ3) is 5.45. The molecule has 6 nitrogen and oxygen atoms in total. The van der Waals surface area contributed by atoms with Gasteiger partial charge in [0.2, 0.25) is 5.91 Å². The van der Waals surface area contributed by atoms with Crippen molar-refractivity contribution in [2.75, 3.05) is 38.6 Å². The zero-order valence-electron chi connectivity index (χ0n) is 18.4. The molecule has 160 valence electrons. The Balaban J connectivity index is 1.73. The van der Waals surface area contributed by atoms with Crippen molar-refractivity contribution < 1.29 is 9.59 Å². The lowest BCUT2D eigenvalue weighted by atomic mass is 10.00. The fourth-order valence-corrected chi connectivity index (χ4v) is 3.60. The summed E-state index contributed by atoms with van der Waals surface area (Å²) in [5, 5.41) is 2.91. The van der Waals surface area contributed by atoms with Crippen molar-refractivity contribution in [2.24, 2.45) is 0 Å². The summed E-state index contributed by atoms with van der Waals surface area (Å²) >= 11 is 0. The summed E-state index contributed by atoms with van der Waals surface area (Å²) in [5.41, 5.74) is 4.42. The van der Waals surface area contributed by atoms with Crippen LogP contribution in [-0.4, -0.2) is 55.4 Å². The highest BCUT2D eigenvalue weighted by Crippen LogP contribution is 2.27. The number of aromatic nitrogens is 1. The molecule has 30 heavy (non-hydrogen) atoms. The molecule has 0 atom stereocenters. The Hall–Kier alpha value is -2.73. The van der Waals surface area contributed by atoms with Crippen molar-refractivity contribution in [2.45, 2.75) is 39.0 Å². The standard InChI is InChI=1S/C24H32N4O2/c1-17(2)19-9-7-18(8-10-19)14-23(29)28-12-5-6-21-22(28)15-20(16-26-21)24(30)25-11-13-27(3)4/h7-10,15-17H,5-6,11-14H2,1-4H3,(H,25,30). The Bertz CT molecular complexity index is 891. The van der Waals surface area contributed by atoms with Crippen LogP contribution in [0.25, 0.3) is 0 Å². The van der Waals surface area contributed by atoms with Gasteiger partial charge >= 0.3 is 0 Å². The summed E-state index contributed by atoms with van der Waals surface area (Å²) in [4.78, 5) is 33.9. The highest BCUT2D eigenvalue weighted by molar-refractivity contribution is 5.99. The first-order valence-electron chi connectivity index (χ1n) is 10.7. The Morgan fingerprint density at radius 3 is 2.60 bits per heavy atom. The highest BCUT2D eigenvalue weighted by atomic mass is 16.2. The third-order valence-corrected chi connectivity index (χ3v) is 5.44. The number of pyridine rings is 1. The molecule has 0 radical (unpaired) electrons. The van der Waals surface area contributed by atoms with Crippen LogP contribution in [0, 0.1) is 0 Å². The first-order valence-corrected chi connectivity index (χ1v) is 10.7. The maximum atomic E-state index is 13.1. The number of amides is 2. The second-order valence-electron chi connectivity index (χ2n) is 8.47. The van der Waals surface area contributed by atoms with Crippen LogP contribution in [0.5, 0.6) is 0 Å². The van der Waals surface area contributed by atoms with Crippen molar-refractivity contribution in [3.05, 3.63) is 58.9 Å². The van der Waals surface area contributed by atoms with Crippen molar-refractivity contribution in [1.82, 2.24) is 15.2 Å². The predicted molar refractivity (Wildman–Crippen MR) is 120 cm³/mol. The highest BCUT2D eigenvalue weighted by Gasteiger charge is 2.25. The topological polar surface area (TPSA) is 65.5 Å². The minimum Gasteiger partial charge on any atom is -0.351 e. The Kier molecular flexibility index (Phi) is 7.21. The number of nitrogens with zero attached hydrogens (tertiary/aromatic N) is 3. The maximum Gasteiger partial charge on any atom is 0.252 e. The molecule has 1 aromatic carbocycles. The molecular weight excluding hydrogens is 376 g/mol. The molecule has 0 bridgehead atoms. The van der Waals surface area contributed by atoms with Crippen LogP contribution >= 0.6 is 0 Å². The summed E-state index contributed by atoms with van der Waals surface area (Å²) in [6, 6.07) is 10.1. The first-order chi connectivity index (χ1) is 14.3. The van der Waals surface area contributed by atoms with Crippen molar-refractivity contribution in [1.29, 1.82) is 0 Å². The van der Waals surface area contributed by atoms with Gasteiger partial charge in [-0.05, 0) is 50.0 Å². The molecule has 0 aliphatic carbocycles. The van der Waals surface area contributed by atoms with Gasteiger partial charge in [0.25, 0.3) is 5.91 Å². The minimum absolute atomic E-state index is 0.0419. The lowest BCUT2D eigenvalue weighted by Crippen LogP contribution is -2.37. The minimum atomic E-state index is -0.158. The van der Waals surface area contributed by atoms with Gasteiger partial charge in [0.1, 0.15) is 0 Å². The summed E-state index contributed by atoms with van der Waals surface area (Å²) in [6.07, 6.45) is 3.66. The average molecular weight is 409 g/mol. The summed E-state index contributed by atoms with van der Waals surface area (Å²) in [7, 11) is 3.93. The molecule has 6 heteroatoms. The third-order valence-electron chi connectivity index (χ3n) is 5.44. The SMILES string of the molecule is CC(C)c1ccc(CC(=O)N2CCCc3ncc(C(=O)NCCN(C)C)cc32)cc1.